The Morgan fingerprint density at radius 2 is 1.85 bits per heavy atom. The number of carbonyl (C=O) groups is 2. The van der Waals surface area contributed by atoms with E-state index in [0.29, 0.717) is 22.3 Å². The number of esters is 1. The summed E-state index contributed by atoms with van der Waals surface area (Å²) in [6.07, 6.45) is 2.10. The molecule has 1 atom stereocenters. The molecule has 0 aliphatic carbocycles. The quantitative estimate of drug-likeness (QED) is 0.735. The third-order valence-corrected chi connectivity index (χ3v) is 4.51. The van der Waals surface area contributed by atoms with E-state index in [1.54, 1.807) is 45.2 Å². The first kappa shape index (κ1) is 19.6. The maximum atomic E-state index is 12.3. The van der Waals surface area contributed by atoms with Crippen LogP contribution < -0.4 is 5.32 Å². The van der Waals surface area contributed by atoms with Crippen LogP contribution in [0.25, 0.3) is 11.1 Å². The molecule has 2 aromatic rings. The summed E-state index contributed by atoms with van der Waals surface area (Å²) in [4.78, 5) is 28.8. The number of nitrogens with one attached hydrogen (secondary N) is 1. The van der Waals surface area contributed by atoms with Gasteiger partial charge in [-0.1, -0.05) is 23.2 Å². The third-order valence-electron chi connectivity index (χ3n) is 4.07. The minimum atomic E-state index is -0.583. The number of aromatic nitrogens is 1. The molecule has 0 radical (unpaired) electrons. The fourth-order valence-corrected chi connectivity index (χ4v) is 3.51. The highest BCUT2D eigenvalue weighted by Crippen LogP contribution is 2.32. The van der Waals surface area contributed by atoms with Gasteiger partial charge in [0.1, 0.15) is 11.4 Å². The van der Waals surface area contributed by atoms with Crippen LogP contribution in [-0.4, -0.2) is 22.5 Å². The zero-order valence-corrected chi connectivity index (χ0v) is 16.8. The zero-order chi connectivity index (χ0) is 19.8. The van der Waals surface area contributed by atoms with Crippen molar-refractivity contribution < 1.29 is 14.3 Å². The molecule has 5 nitrogen and oxygen atoms in total. The van der Waals surface area contributed by atoms with Crippen LogP contribution in [0.2, 0.25) is 10.0 Å². The Labute approximate surface area is 168 Å². The van der Waals surface area contributed by atoms with Crippen molar-refractivity contribution >= 4 is 40.9 Å². The molecule has 0 saturated carbocycles. The number of hydrogen-bond donors (Lipinski definition) is 1. The van der Waals surface area contributed by atoms with Crippen molar-refractivity contribution in [1.29, 1.82) is 0 Å². The van der Waals surface area contributed by atoms with Crippen LogP contribution in [0.15, 0.2) is 30.5 Å². The number of anilines is 1. The van der Waals surface area contributed by atoms with E-state index in [1.807, 2.05) is 6.07 Å². The lowest BCUT2D eigenvalue weighted by atomic mass is 9.91. The fraction of sp³-hybridized carbons (Fsp3) is 0.350. The molecule has 27 heavy (non-hydrogen) atoms. The van der Waals surface area contributed by atoms with Gasteiger partial charge in [0.2, 0.25) is 5.91 Å². The number of rotatable bonds is 3. The van der Waals surface area contributed by atoms with Gasteiger partial charge in [0, 0.05) is 21.8 Å². The molecule has 1 aliphatic rings. The first-order valence-corrected chi connectivity index (χ1v) is 9.34. The van der Waals surface area contributed by atoms with Crippen LogP contribution in [0.4, 0.5) is 5.82 Å². The standard InChI is InChI=1S/C20H20Cl2N2O3/c1-20(2,3)27-17(25)8-13-4-12-5-14(10-23-18(12)24-19(13)26)11-6-15(21)9-16(22)7-11/h5-7,9-10,13H,4,8H2,1-3H3,(H,23,24,26). The summed E-state index contributed by atoms with van der Waals surface area (Å²) in [5.74, 6) is -0.596. The lowest BCUT2D eigenvalue weighted by Gasteiger charge is -2.25. The van der Waals surface area contributed by atoms with Crippen LogP contribution in [0, 0.1) is 5.92 Å². The van der Waals surface area contributed by atoms with Crippen molar-refractivity contribution in [2.24, 2.45) is 5.92 Å². The summed E-state index contributed by atoms with van der Waals surface area (Å²) in [5, 5.41) is 3.84. The number of fused-ring (bicyclic) bond motifs is 1. The molecule has 1 N–H and O–H groups in total. The molecule has 7 heteroatoms. The molecule has 1 amide bonds. The molecule has 1 aliphatic heterocycles. The van der Waals surface area contributed by atoms with E-state index in [0.717, 1.165) is 16.7 Å². The van der Waals surface area contributed by atoms with Crippen molar-refractivity contribution in [3.63, 3.8) is 0 Å². The molecule has 1 unspecified atom stereocenters. The average molecular weight is 407 g/mol. The molecule has 0 bridgehead atoms. The van der Waals surface area contributed by atoms with Gasteiger partial charge >= 0.3 is 5.97 Å². The van der Waals surface area contributed by atoms with E-state index in [2.05, 4.69) is 10.3 Å². The van der Waals surface area contributed by atoms with E-state index < -0.39 is 17.5 Å². The smallest absolute Gasteiger partial charge is 0.307 e. The summed E-state index contributed by atoms with van der Waals surface area (Å²) < 4.78 is 5.33. The summed E-state index contributed by atoms with van der Waals surface area (Å²) in [6.45, 7) is 5.40. The Hall–Kier alpha value is -2.11. The maximum Gasteiger partial charge on any atom is 0.307 e. The van der Waals surface area contributed by atoms with Gasteiger partial charge in [-0.2, -0.15) is 0 Å². The van der Waals surface area contributed by atoms with Crippen molar-refractivity contribution in [3.8, 4) is 11.1 Å². The van der Waals surface area contributed by atoms with Gasteiger partial charge in [0.15, 0.2) is 0 Å². The van der Waals surface area contributed by atoms with E-state index in [1.165, 1.54) is 0 Å². The predicted molar refractivity (Wildman–Crippen MR) is 106 cm³/mol. The molecule has 142 valence electrons. The van der Waals surface area contributed by atoms with E-state index in [4.69, 9.17) is 27.9 Å². The van der Waals surface area contributed by atoms with Gasteiger partial charge < -0.3 is 10.1 Å². The Balaban J connectivity index is 1.83. The van der Waals surface area contributed by atoms with Crippen molar-refractivity contribution in [2.75, 3.05) is 5.32 Å². The Morgan fingerprint density at radius 1 is 1.19 bits per heavy atom. The number of hydrogen-bond acceptors (Lipinski definition) is 4. The lowest BCUT2D eigenvalue weighted by Crippen LogP contribution is -2.34. The first-order chi connectivity index (χ1) is 12.6. The molecule has 2 heterocycles. The van der Waals surface area contributed by atoms with Gasteiger partial charge in [-0.25, -0.2) is 4.98 Å². The number of halogens is 2. The molecule has 0 fully saturated rings. The minimum absolute atomic E-state index is 0.0236. The van der Waals surface area contributed by atoms with Gasteiger partial charge in [-0.15, -0.1) is 0 Å². The number of pyridine rings is 1. The molecule has 1 aromatic carbocycles. The second kappa shape index (κ2) is 7.49. The van der Waals surface area contributed by atoms with Gasteiger partial charge in [0.25, 0.3) is 0 Å². The highest BCUT2D eigenvalue weighted by Gasteiger charge is 2.31. The summed E-state index contributed by atoms with van der Waals surface area (Å²) in [5.41, 5.74) is 1.95. The van der Waals surface area contributed by atoms with E-state index in [9.17, 15) is 9.59 Å². The van der Waals surface area contributed by atoms with Gasteiger partial charge in [-0.3, -0.25) is 9.59 Å². The normalized spacial score (nSPS) is 16.5. The van der Waals surface area contributed by atoms with E-state index >= 15 is 0 Å². The number of amides is 1. The van der Waals surface area contributed by atoms with Crippen molar-refractivity contribution in [2.45, 2.75) is 39.2 Å². The van der Waals surface area contributed by atoms with Crippen molar-refractivity contribution in [1.82, 2.24) is 4.98 Å². The Bertz CT molecular complexity index is 886. The number of nitrogens with zero attached hydrogens (tertiary/aromatic N) is 1. The van der Waals surface area contributed by atoms with Crippen LogP contribution in [0.5, 0.6) is 0 Å². The first-order valence-electron chi connectivity index (χ1n) is 8.59. The lowest BCUT2D eigenvalue weighted by molar-refractivity contribution is -0.157. The monoisotopic (exact) mass is 406 g/mol. The van der Waals surface area contributed by atoms with Gasteiger partial charge in [0.05, 0.1) is 12.3 Å². The second-order valence-electron chi connectivity index (χ2n) is 7.57. The van der Waals surface area contributed by atoms with Crippen LogP contribution >= 0.6 is 23.2 Å². The average Bonchev–Trinajstić information content (AvgIpc) is 2.52. The Morgan fingerprint density at radius 3 is 2.48 bits per heavy atom. The summed E-state index contributed by atoms with van der Waals surface area (Å²) >= 11 is 12.2. The highest BCUT2D eigenvalue weighted by molar-refractivity contribution is 6.35. The number of carbonyl (C=O) groups excluding carboxylic acids is 2. The minimum Gasteiger partial charge on any atom is -0.460 e. The van der Waals surface area contributed by atoms with Crippen LogP contribution in [0.1, 0.15) is 32.8 Å². The van der Waals surface area contributed by atoms with Gasteiger partial charge in [-0.05, 0) is 62.6 Å². The van der Waals surface area contributed by atoms with Crippen LogP contribution in [0.3, 0.4) is 0 Å². The molecular formula is C20H20Cl2N2O3. The zero-order valence-electron chi connectivity index (χ0n) is 15.3. The molecule has 3 rings (SSSR count). The Kier molecular flexibility index (Phi) is 5.45. The largest absolute Gasteiger partial charge is 0.460 e. The highest BCUT2D eigenvalue weighted by atomic mass is 35.5. The van der Waals surface area contributed by atoms with E-state index in [-0.39, 0.29) is 12.3 Å². The molecular weight excluding hydrogens is 387 g/mol. The van der Waals surface area contributed by atoms with Crippen molar-refractivity contribution in [3.05, 3.63) is 46.1 Å². The molecule has 1 aromatic heterocycles. The molecule has 0 spiro atoms. The number of ether oxygens (including phenoxy) is 1. The van der Waals surface area contributed by atoms with Crippen LogP contribution in [-0.2, 0) is 20.7 Å². The topological polar surface area (TPSA) is 68.3 Å². The second-order valence-corrected chi connectivity index (χ2v) is 8.44. The molecule has 0 saturated heterocycles. The third kappa shape index (κ3) is 4.99. The number of benzene rings is 1. The fourth-order valence-electron chi connectivity index (χ4n) is 2.98. The summed E-state index contributed by atoms with van der Waals surface area (Å²) in [6, 6.07) is 7.20. The summed E-state index contributed by atoms with van der Waals surface area (Å²) in [7, 11) is 0. The SMILES string of the molecule is CC(C)(C)OC(=O)CC1Cc2cc(-c3cc(Cl)cc(Cl)c3)cnc2NC1=O. The predicted octanol–water partition coefficient (Wildman–Crippen LogP) is 4.90. The maximum absolute atomic E-state index is 12.3.